The maximum atomic E-state index is 12.7. The van der Waals surface area contributed by atoms with Crippen LogP contribution in [0.2, 0.25) is 0 Å². The van der Waals surface area contributed by atoms with E-state index in [4.69, 9.17) is 5.11 Å². The van der Waals surface area contributed by atoms with Crippen molar-refractivity contribution in [2.75, 3.05) is 6.61 Å². The van der Waals surface area contributed by atoms with Gasteiger partial charge in [0, 0.05) is 6.04 Å². The van der Waals surface area contributed by atoms with E-state index in [1.54, 1.807) is 0 Å². The van der Waals surface area contributed by atoms with Crippen LogP contribution in [0.3, 0.4) is 0 Å². The Bertz CT molecular complexity index is 212. The molecule has 1 atom stereocenters. The maximum Gasteiger partial charge on any atom is 0.408 e. The summed E-state index contributed by atoms with van der Waals surface area (Å²) >= 11 is 0. The molecule has 2 N–H and O–H groups in total. The number of alkyl halides is 3. The Morgan fingerprint density at radius 1 is 1.12 bits per heavy atom. The Labute approximate surface area is 94.2 Å². The molecule has 0 heterocycles. The van der Waals surface area contributed by atoms with Crippen LogP contribution in [0.1, 0.15) is 45.4 Å². The Hall–Kier alpha value is -0.290. The molecule has 0 radical (unpaired) electrons. The summed E-state index contributed by atoms with van der Waals surface area (Å²) in [5.41, 5.74) is -2.16. The minimum atomic E-state index is -4.41. The molecule has 1 aliphatic carbocycles. The summed E-state index contributed by atoms with van der Waals surface area (Å²) in [5, 5.41) is 11.5. The molecule has 0 bridgehead atoms. The Morgan fingerprint density at radius 2 is 1.62 bits per heavy atom. The molecule has 0 aliphatic heterocycles. The SMILES string of the molecule is CC(CO)(NC1CCCCCC1)C(F)(F)F. The van der Waals surface area contributed by atoms with Crippen LogP contribution in [-0.4, -0.2) is 29.5 Å². The minimum Gasteiger partial charge on any atom is -0.394 e. The molecule has 0 amide bonds. The molecule has 1 fully saturated rings. The van der Waals surface area contributed by atoms with E-state index in [1.807, 2.05) is 0 Å². The summed E-state index contributed by atoms with van der Waals surface area (Å²) in [6.45, 7) is 0.116. The van der Waals surface area contributed by atoms with Gasteiger partial charge in [-0.1, -0.05) is 25.7 Å². The highest BCUT2D eigenvalue weighted by atomic mass is 19.4. The summed E-state index contributed by atoms with van der Waals surface area (Å²) in [7, 11) is 0. The van der Waals surface area contributed by atoms with Gasteiger partial charge in [0.25, 0.3) is 0 Å². The normalized spacial score (nSPS) is 23.8. The van der Waals surface area contributed by atoms with Crippen molar-refractivity contribution >= 4 is 0 Å². The van der Waals surface area contributed by atoms with Crippen LogP contribution in [-0.2, 0) is 0 Å². The molecule has 1 saturated carbocycles. The lowest BCUT2D eigenvalue weighted by molar-refractivity contribution is -0.203. The van der Waals surface area contributed by atoms with Gasteiger partial charge in [0.2, 0.25) is 0 Å². The number of aliphatic hydroxyl groups is 1. The lowest BCUT2D eigenvalue weighted by atomic mass is 9.98. The third kappa shape index (κ3) is 3.35. The number of hydrogen-bond donors (Lipinski definition) is 2. The highest BCUT2D eigenvalue weighted by molar-refractivity contribution is 4.93. The van der Waals surface area contributed by atoms with Crippen molar-refractivity contribution in [3.8, 4) is 0 Å². The summed E-state index contributed by atoms with van der Waals surface area (Å²) < 4.78 is 38.2. The van der Waals surface area contributed by atoms with Crippen molar-refractivity contribution in [1.82, 2.24) is 5.32 Å². The summed E-state index contributed by atoms with van der Waals surface area (Å²) in [4.78, 5) is 0. The summed E-state index contributed by atoms with van der Waals surface area (Å²) in [6, 6.07) is -0.124. The van der Waals surface area contributed by atoms with Crippen molar-refractivity contribution in [3.05, 3.63) is 0 Å². The first-order valence-electron chi connectivity index (χ1n) is 5.84. The minimum absolute atomic E-state index is 0.124. The molecule has 1 aliphatic rings. The molecule has 0 spiro atoms. The Kier molecular flexibility index (Phi) is 4.62. The highest BCUT2D eigenvalue weighted by Crippen LogP contribution is 2.31. The van der Waals surface area contributed by atoms with Crippen LogP contribution in [0.4, 0.5) is 13.2 Å². The Balaban J connectivity index is 2.61. The van der Waals surface area contributed by atoms with Crippen LogP contribution in [0.15, 0.2) is 0 Å². The number of hydrogen-bond acceptors (Lipinski definition) is 2. The van der Waals surface area contributed by atoms with E-state index in [0.717, 1.165) is 45.4 Å². The first kappa shape index (κ1) is 13.8. The first-order chi connectivity index (χ1) is 7.39. The van der Waals surface area contributed by atoms with Gasteiger partial charge in [0.1, 0.15) is 5.54 Å². The number of halogens is 3. The van der Waals surface area contributed by atoms with Gasteiger partial charge in [0.05, 0.1) is 6.61 Å². The van der Waals surface area contributed by atoms with Crippen LogP contribution in [0.5, 0.6) is 0 Å². The van der Waals surface area contributed by atoms with Crippen molar-refractivity contribution in [2.24, 2.45) is 0 Å². The van der Waals surface area contributed by atoms with Gasteiger partial charge in [0.15, 0.2) is 0 Å². The smallest absolute Gasteiger partial charge is 0.394 e. The first-order valence-corrected chi connectivity index (χ1v) is 5.84. The molecule has 0 aromatic rings. The molecule has 0 aromatic heterocycles. The van der Waals surface area contributed by atoms with Crippen LogP contribution in [0, 0.1) is 0 Å². The van der Waals surface area contributed by atoms with Gasteiger partial charge >= 0.3 is 6.18 Å². The van der Waals surface area contributed by atoms with E-state index in [-0.39, 0.29) is 6.04 Å². The zero-order chi connectivity index (χ0) is 12.2. The highest BCUT2D eigenvalue weighted by Gasteiger charge is 2.51. The Morgan fingerprint density at radius 3 is 2.00 bits per heavy atom. The van der Waals surface area contributed by atoms with Crippen molar-refractivity contribution in [1.29, 1.82) is 0 Å². The monoisotopic (exact) mass is 239 g/mol. The van der Waals surface area contributed by atoms with Gasteiger partial charge in [-0.25, -0.2) is 0 Å². The van der Waals surface area contributed by atoms with E-state index in [9.17, 15) is 13.2 Å². The van der Waals surface area contributed by atoms with Crippen LogP contribution in [0.25, 0.3) is 0 Å². The lowest BCUT2D eigenvalue weighted by Gasteiger charge is -2.35. The zero-order valence-electron chi connectivity index (χ0n) is 9.61. The van der Waals surface area contributed by atoms with Crippen molar-refractivity contribution in [2.45, 2.75) is 63.2 Å². The fraction of sp³-hybridized carbons (Fsp3) is 1.00. The van der Waals surface area contributed by atoms with Gasteiger partial charge in [-0.15, -0.1) is 0 Å². The van der Waals surface area contributed by atoms with Gasteiger partial charge in [-0.2, -0.15) is 13.2 Å². The van der Waals surface area contributed by atoms with E-state index < -0.39 is 18.3 Å². The summed E-state index contributed by atoms with van der Waals surface area (Å²) in [5.74, 6) is 0. The lowest BCUT2D eigenvalue weighted by Crippen LogP contribution is -2.60. The molecule has 16 heavy (non-hydrogen) atoms. The molecular formula is C11H20F3NO. The molecule has 0 aromatic carbocycles. The number of aliphatic hydroxyl groups excluding tert-OH is 1. The van der Waals surface area contributed by atoms with Gasteiger partial charge in [-0.05, 0) is 19.8 Å². The molecule has 0 saturated heterocycles. The molecule has 2 nitrogen and oxygen atoms in total. The second-order valence-electron chi connectivity index (χ2n) is 4.82. The van der Waals surface area contributed by atoms with Gasteiger partial charge < -0.3 is 5.11 Å². The number of rotatable bonds is 3. The molecule has 96 valence electrons. The largest absolute Gasteiger partial charge is 0.408 e. The van der Waals surface area contributed by atoms with E-state index in [0.29, 0.717) is 0 Å². The quantitative estimate of drug-likeness (QED) is 0.742. The third-order valence-electron chi connectivity index (χ3n) is 3.32. The molecule has 1 unspecified atom stereocenters. The molecule has 5 heteroatoms. The second kappa shape index (κ2) is 5.36. The predicted octanol–water partition coefficient (Wildman–Crippen LogP) is 2.61. The average Bonchev–Trinajstić information content (AvgIpc) is 2.44. The maximum absolute atomic E-state index is 12.7. The van der Waals surface area contributed by atoms with Crippen molar-refractivity contribution < 1.29 is 18.3 Å². The molecule has 1 rings (SSSR count). The van der Waals surface area contributed by atoms with Crippen LogP contribution >= 0.6 is 0 Å². The van der Waals surface area contributed by atoms with E-state index in [2.05, 4.69) is 5.32 Å². The third-order valence-corrected chi connectivity index (χ3v) is 3.32. The fourth-order valence-corrected chi connectivity index (χ4v) is 2.09. The molecular weight excluding hydrogens is 219 g/mol. The topological polar surface area (TPSA) is 32.3 Å². The van der Waals surface area contributed by atoms with Crippen LogP contribution < -0.4 is 5.32 Å². The average molecular weight is 239 g/mol. The van der Waals surface area contributed by atoms with Crippen molar-refractivity contribution in [3.63, 3.8) is 0 Å². The fourth-order valence-electron chi connectivity index (χ4n) is 2.09. The van der Waals surface area contributed by atoms with Gasteiger partial charge in [-0.3, -0.25) is 5.32 Å². The van der Waals surface area contributed by atoms with E-state index in [1.165, 1.54) is 0 Å². The standard InChI is InChI=1S/C11H20F3NO/c1-10(8-16,11(12,13)14)15-9-6-4-2-3-5-7-9/h9,15-16H,2-8H2,1H3. The second-order valence-corrected chi connectivity index (χ2v) is 4.82. The number of nitrogens with one attached hydrogen (secondary N) is 1. The van der Waals surface area contributed by atoms with E-state index >= 15 is 0 Å². The zero-order valence-corrected chi connectivity index (χ0v) is 9.61. The summed E-state index contributed by atoms with van der Waals surface area (Å²) in [6.07, 6.45) is 1.26. The predicted molar refractivity (Wildman–Crippen MR) is 56.2 cm³/mol.